The Kier molecular flexibility index (Phi) is 19.7. The topological polar surface area (TPSA) is 208 Å². The van der Waals surface area contributed by atoms with Crippen LogP contribution in [0.25, 0.3) is 14.5 Å². The Bertz CT molecular complexity index is 3370. The lowest BCUT2D eigenvalue weighted by molar-refractivity contribution is -0.0596. The van der Waals surface area contributed by atoms with Gasteiger partial charge in [-0.05, 0) is 104 Å². The van der Waals surface area contributed by atoms with Crippen LogP contribution in [0.1, 0.15) is 135 Å². The van der Waals surface area contributed by atoms with Gasteiger partial charge in [-0.25, -0.2) is 47.8 Å². The van der Waals surface area contributed by atoms with Gasteiger partial charge in [0.05, 0.1) is 97.2 Å². The average molecular weight is 1220 g/mol. The maximum absolute atomic E-state index is 13.6. The first-order valence-electron chi connectivity index (χ1n) is 27.9. The lowest BCUT2D eigenvalue weighted by Crippen LogP contribution is -2.39. The van der Waals surface area contributed by atoms with Crippen LogP contribution in [0.3, 0.4) is 0 Å². The van der Waals surface area contributed by atoms with E-state index in [2.05, 4.69) is 75.7 Å². The minimum Gasteiger partial charge on any atom is -0.476 e. The van der Waals surface area contributed by atoms with Crippen molar-refractivity contribution in [2.45, 2.75) is 168 Å². The number of halogens is 6. The first kappa shape index (κ1) is 62.8. The van der Waals surface area contributed by atoms with Crippen LogP contribution in [0.2, 0.25) is 15.1 Å². The first-order chi connectivity index (χ1) is 39.7. The third-order valence-electron chi connectivity index (χ3n) is 15.6. The van der Waals surface area contributed by atoms with Gasteiger partial charge in [0.15, 0.2) is 0 Å². The Morgan fingerprint density at radius 3 is 1.43 bits per heavy atom. The summed E-state index contributed by atoms with van der Waals surface area (Å²) in [5.74, 6) is -0.262. The van der Waals surface area contributed by atoms with E-state index in [-0.39, 0.29) is 46.7 Å². The molecule has 6 aromatic rings. The van der Waals surface area contributed by atoms with Crippen LogP contribution in [0.4, 0.5) is 48.1 Å². The van der Waals surface area contributed by atoms with Gasteiger partial charge in [0.25, 0.3) is 0 Å². The number of alkyl halides is 3. The van der Waals surface area contributed by atoms with Crippen molar-refractivity contribution in [2.24, 2.45) is 23.7 Å². The fourth-order valence-corrected chi connectivity index (χ4v) is 10.3. The quantitative estimate of drug-likeness (QED) is 0.0645. The Morgan fingerprint density at radius 2 is 1.05 bits per heavy atom. The number of anilines is 6. The summed E-state index contributed by atoms with van der Waals surface area (Å²) in [5, 5.41) is 23.6. The van der Waals surface area contributed by atoms with Crippen LogP contribution in [-0.2, 0) is 11.3 Å². The van der Waals surface area contributed by atoms with Crippen molar-refractivity contribution in [1.82, 2.24) is 59.2 Å². The van der Waals surface area contributed by atoms with Crippen molar-refractivity contribution < 1.29 is 27.4 Å². The second kappa shape index (κ2) is 26.4. The van der Waals surface area contributed by atoms with E-state index in [4.69, 9.17) is 68.7 Å². The molecule has 84 heavy (non-hydrogen) atoms. The Balaban J connectivity index is 0.000000165. The summed E-state index contributed by atoms with van der Waals surface area (Å²) in [7, 11) is 0. The second-order valence-electron chi connectivity index (χ2n) is 23.4. The van der Waals surface area contributed by atoms with Crippen molar-refractivity contribution in [3.8, 4) is 17.6 Å². The third kappa shape index (κ3) is 16.0. The third-order valence-corrected chi connectivity index (χ3v) is 16.4. The zero-order valence-corrected chi connectivity index (χ0v) is 50.8. The predicted molar refractivity (Wildman–Crippen MR) is 315 cm³/mol. The number of aryl methyl sites for hydroxylation is 2. The van der Waals surface area contributed by atoms with Crippen molar-refractivity contribution in [2.75, 3.05) is 35.8 Å². The highest BCUT2D eigenvalue weighted by atomic mass is 35.5. The molecule has 0 bridgehead atoms. The Hall–Kier alpha value is -7.20. The van der Waals surface area contributed by atoms with Crippen molar-refractivity contribution >= 4 is 69.7 Å². The largest absolute Gasteiger partial charge is 0.476 e. The minimum atomic E-state index is -2.63. The molecule has 6 heterocycles. The molecule has 0 saturated heterocycles. The normalized spacial score (nSPS) is 21.2. The van der Waals surface area contributed by atoms with Gasteiger partial charge >= 0.3 is 11.3 Å². The van der Waals surface area contributed by atoms with Crippen LogP contribution >= 0.6 is 34.8 Å². The van der Waals surface area contributed by atoms with E-state index >= 15 is 0 Å². The molecule has 3 N–H and O–H groups in total. The van der Waals surface area contributed by atoms with E-state index in [1.54, 1.807) is 62.6 Å². The van der Waals surface area contributed by atoms with Gasteiger partial charge < -0.3 is 35.0 Å². The number of hydrogen-bond donors (Lipinski definition) is 3. The van der Waals surface area contributed by atoms with E-state index in [0.29, 0.717) is 103 Å². The summed E-state index contributed by atoms with van der Waals surface area (Å²) < 4.78 is 63.0. The molecule has 4 aliphatic carbocycles. The molecule has 0 spiro atoms. The van der Waals surface area contributed by atoms with Gasteiger partial charge in [-0.1, -0.05) is 41.2 Å². The van der Waals surface area contributed by atoms with Gasteiger partial charge in [0.2, 0.25) is 47.4 Å². The number of nitrogens with zero attached hydrogens (tertiary/aromatic N) is 15. The summed E-state index contributed by atoms with van der Waals surface area (Å²) in [6.07, 6.45) is 18.4. The number of nitrogens with one attached hydrogen (secondary N) is 3. The molecule has 0 unspecified atom stereocenters. The number of hydrogen-bond acceptors (Lipinski definition) is 15. The molecule has 0 radical (unpaired) electrons. The molecule has 0 aromatic carbocycles. The van der Waals surface area contributed by atoms with E-state index in [9.17, 15) is 13.2 Å². The molecular weight excluding hydrogens is 1150 g/mol. The SMILES string of the molecule is [C-]#[N+]C(C)(C)n1cc(Nc2ncc(Cl)c(OCC3CCC(C(C)(F)F)CC3)n2)c(C)n1.[C-]#[N+]C(C)(C)n1cc(Nc2ncc(Cl)c(OCC3CCC3)n2)c(C)n1.[C-]#[N+]C1CC(n2ncc(Nc3ncc(Cl)c(OCC4CC(C)(F)C4)n3)c2C)C1. The van der Waals surface area contributed by atoms with Gasteiger partial charge in [0.1, 0.15) is 20.7 Å². The lowest BCUT2D eigenvalue weighted by Gasteiger charge is -2.38. The molecule has 4 aliphatic rings. The van der Waals surface area contributed by atoms with E-state index in [1.165, 1.54) is 37.9 Å². The van der Waals surface area contributed by atoms with Gasteiger partial charge in [-0.2, -0.15) is 39.6 Å². The van der Waals surface area contributed by atoms with Crippen molar-refractivity contribution in [3.05, 3.63) is 104 Å². The minimum absolute atomic E-state index is 0.107. The standard InChI is InChI=1S/C21H27ClF2N6O.C19H22ClFN6O.C17H21ClN6O/c1-13-17(11-30(29-13)20(2,3)25-5)27-19-26-10-16(22)18(28-19)31-12-14-6-8-15(9-7-14)21(4,23)24;1-11-16(9-24-27(11)14-4-13(5-14)22-3)25-18-23-8-15(20)17(26-18)28-10-12-6-19(2,21)7-12;1-11-14(9-24(23-11)17(2,3)19-4)21-16-20-8-13(18)15(22-16)25-10-12-6-5-7-12/h10-11,14-15H,6-9,12H2,1-4H3,(H,26,27,28);8-9,12-14H,4-7,10H2,1-2H3,(H,23,25,26);8-9,12H,5-7,10H2,1-3H3,(H,20,21,22). The summed E-state index contributed by atoms with van der Waals surface area (Å²) in [4.78, 5) is 36.4. The monoisotopic (exact) mass is 1220 g/mol. The fourth-order valence-electron chi connectivity index (χ4n) is 9.85. The maximum atomic E-state index is 13.6. The highest BCUT2D eigenvalue weighted by molar-refractivity contribution is 6.32. The van der Waals surface area contributed by atoms with Gasteiger partial charge in [0, 0.05) is 46.5 Å². The summed E-state index contributed by atoms with van der Waals surface area (Å²) in [6.45, 7) is 38.5. The summed E-state index contributed by atoms with van der Waals surface area (Å²) >= 11 is 18.5. The van der Waals surface area contributed by atoms with Crippen LogP contribution < -0.4 is 30.2 Å². The van der Waals surface area contributed by atoms with Gasteiger partial charge in [-0.3, -0.25) is 14.4 Å². The summed E-state index contributed by atoms with van der Waals surface area (Å²) in [5.41, 5.74) is 1.99. The zero-order valence-electron chi connectivity index (χ0n) is 48.5. The van der Waals surface area contributed by atoms with Crippen LogP contribution in [-0.4, -0.2) is 96.7 Å². The van der Waals surface area contributed by atoms with Crippen LogP contribution in [0.15, 0.2) is 37.2 Å². The second-order valence-corrected chi connectivity index (χ2v) is 24.6. The number of rotatable bonds is 19. The highest BCUT2D eigenvalue weighted by Crippen LogP contribution is 2.42. The molecule has 0 aliphatic heterocycles. The molecule has 4 fully saturated rings. The molecule has 21 nitrogen and oxygen atoms in total. The van der Waals surface area contributed by atoms with Crippen molar-refractivity contribution in [3.63, 3.8) is 0 Å². The molecule has 0 atom stereocenters. The number of ether oxygens (including phenoxy) is 3. The molecular formula is C57H70Cl3F3N18O3. The van der Waals surface area contributed by atoms with Crippen molar-refractivity contribution in [1.29, 1.82) is 0 Å². The molecule has 4 saturated carbocycles. The molecule has 0 amide bonds. The lowest BCUT2D eigenvalue weighted by atomic mass is 9.74. The van der Waals surface area contributed by atoms with Crippen LogP contribution in [0.5, 0.6) is 17.6 Å². The molecule has 27 heteroatoms. The number of aromatic nitrogens is 12. The van der Waals surface area contributed by atoms with E-state index < -0.39 is 28.8 Å². The van der Waals surface area contributed by atoms with Gasteiger partial charge in [-0.15, -0.1) is 0 Å². The molecule has 6 aromatic heterocycles. The average Bonchev–Trinajstić information content (AvgIpc) is 2.93. The highest BCUT2D eigenvalue weighted by Gasteiger charge is 2.41. The smallest absolute Gasteiger partial charge is 0.319 e. The van der Waals surface area contributed by atoms with E-state index in [0.717, 1.165) is 42.5 Å². The maximum Gasteiger partial charge on any atom is 0.319 e. The molecule has 10 rings (SSSR count). The Labute approximate surface area is 502 Å². The molecule has 448 valence electrons. The Morgan fingerprint density at radius 1 is 0.631 bits per heavy atom. The fraction of sp³-hybridized carbons (Fsp3) is 0.579. The summed E-state index contributed by atoms with van der Waals surface area (Å²) in [6, 6.07) is 0.374. The van der Waals surface area contributed by atoms with E-state index in [1.807, 2.05) is 25.5 Å². The first-order valence-corrected chi connectivity index (χ1v) is 29.0. The predicted octanol–water partition coefficient (Wildman–Crippen LogP) is 14.5. The van der Waals surface area contributed by atoms with Crippen LogP contribution in [0, 0.1) is 64.2 Å². The zero-order chi connectivity index (χ0) is 60.7.